The van der Waals surface area contributed by atoms with Crippen molar-refractivity contribution < 1.29 is 18.8 Å². The molecule has 1 aromatic carbocycles. The summed E-state index contributed by atoms with van der Waals surface area (Å²) in [7, 11) is 1.58. The van der Waals surface area contributed by atoms with Gasteiger partial charge in [-0.2, -0.15) is 4.98 Å². The number of aromatic nitrogens is 2. The molecule has 2 aromatic rings. The van der Waals surface area contributed by atoms with E-state index in [0.717, 1.165) is 23.0 Å². The smallest absolute Gasteiger partial charge is 0.321 e. The number of urea groups is 1. The third-order valence-electron chi connectivity index (χ3n) is 4.28. The SMILES string of the molecule is COCc1nc(CCOC2CCN(C(=O)Nc3ccc(Br)cc3)CC2)no1. The Morgan fingerprint density at radius 3 is 2.78 bits per heavy atom. The molecule has 8 nitrogen and oxygen atoms in total. The van der Waals surface area contributed by atoms with E-state index in [9.17, 15) is 4.79 Å². The van der Waals surface area contributed by atoms with Gasteiger partial charge in [0.1, 0.15) is 6.61 Å². The van der Waals surface area contributed by atoms with Crippen LogP contribution in [0.5, 0.6) is 0 Å². The van der Waals surface area contributed by atoms with Gasteiger partial charge in [0.05, 0.1) is 12.7 Å². The Balaban J connectivity index is 1.35. The number of benzene rings is 1. The molecule has 0 unspecified atom stereocenters. The quantitative estimate of drug-likeness (QED) is 0.713. The van der Waals surface area contributed by atoms with Crippen LogP contribution in [0.4, 0.5) is 10.5 Å². The number of anilines is 1. The number of hydrogen-bond acceptors (Lipinski definition) is 6. The average molecular weight is 439 g/mol. The summed E-state index contributed by atoms with van der Waals surface area (Å²) in [6.07, 6.45) is 2.37. The minimum atomic E-state index is -0.0757. The van der Waals surface area contributed by atoms with Crippen LogP contribution in [-0.4, -0.2) is 54.0 Å². The van der Waals surface area contributed by atoms with Gasteiger partial charge in [-0.3, -0.25) is 0 Å². The lowest BCUT2D eigenvalue weighted by Crippen LogP contribution is -2.43. The fraction of sp³-hybridized carbons (Fsp3) is 0.500. The topological polar surface area (TPSA) is 89.7 Å². The molecule has 0 spiro atoms. The van der Waals surface area contributed by atoms with Gasteiger partial charge in [0.2, 0.25) is 0 Å². The highest BCUT2D eigenvalue weighted by molar-refractivity contribution is 9.10. The van der Waals surface area contributed by atoms with E-state index in [1.165, 1.54) is 0 Å². The van der Waals surface area contributed by atoms with Gasteiger partial charge in [0, 0.05) is 36.8 Å². The molecule has 146 valence electrons. The number of carbonyl (C=O) groups is 1. The first-order valence-electron chi connectivity index (χ1n) is 8.87. The minimum absolute atomic E-state index is 0.0757. The monoisotopic (exact) mass is 438 g/mol. The highest BCUT2D eigenvalue weighted by Crippen LogP contribution is 2.17. The Hall–Kier alpha value is -1.97. The zero-order chi connectivity index (χ0) is 19.1. The number of nitrogens with zero attached hydrogens (tertiary/aromatic N) is 3. The maximum atomic E-state index is 12.3. The highest BCUT2D eigenvalue weighted by Gasteiger charge is 2.23. The molecule has 0 aliphatic carbocycles. The summed E-state index contributed by atoms with van der Waals surface area (Å²) in [6, 6.07) is 7.46. The Kier molecular flexibility index (Phi) is 7.19. The molecule has 0 radical (unpaired) electrons. The van der Waals surface area contributed by atoms with Crippen LogP contribution in [0.1, 0.15) is 24.6 Å². The van der Waals surface area contributed by atoms with E-state index in [-0.39, 0.29) is 12.1 Å². The number of rotatable bonds is 7. The van der Waals surface area contributed by atoms with Crippen molar-refractivity contribution >= 4 is 27.6 Å². The molecule has 2 amide bonds. The first-order chi connectivity index (χ1) is 13.1. The lowest BCUT2D eigenvalue weighted by atomic mass is 10.1. The summed E-state index contributed by atoms with van der Waals surface area (Å²) < 4.78 is 16.9. The maximum Gasteiger partial charge on any atom is 0.321 e. The zero-order valence-corrected chi connectivity index (χ0v) is 16.8. The third kappa shape index (κ3) is 6.02. The average Bonchev–Trinajstić information content (AvgIpc) is 3.12. The summed E-state index contributed by atoms with van der Waals surface area (Å²) in [6.45, 7) is 2.19. The number of piperidine rings is 1. The lowest BCUT2D eigenvalue weighted by Gasteiger charge is -2.31. The number of halogens is 1. The summed E-state index contributed by atoms with van der Waals surface area (Å²) in [4.78, 5) is 18.4. The van der Waals surface area contributed by atoms with E-state index in [0.29, 0.717) is 44.4 Å². The van der Waals surface area contributed by atoms with Gasteiger partial charge in [-0.1, -0.05) is 21.1 Å². The van der Waals surface area contributed by atoms with E-state index in [2.05, 4.69) is 31.4 Å². The van der Waals surface area contributed by atoms with Crippen molar-refractivity contribution in [3.05, 3.63) is 40.5 Å². The van der Waals surface area contributed by atoms with Gasteiger partial charge in [0.25, 0.3) is 5.89 Å². The molecule has 27 heavy (non-hydrogen) atoms. The van der Waals surface area contributed by atoms with Gasteiger partial charge in [-0.05, 0) is 37.1 Å². The van der Waals surface area contributed by atoms with Crippen molar-refractivity contribution in [3.63, 3.8) is 0 Å². The normalized spacial score (nSPS) is 15.1. The largest absolute Gasteiger partial charge is 0.378 e. The Morgan fingerprint density at radius 1 is 1.33 bits per heavy atom. The highest BCUT2D eigenvalue weighted by atomic mass is 79.9. The van der Waals surface area contributed by atoms with Gasteiger partial charge in [-0.15, -0.1) is 0 Å². The molecule has 9 heteroatoms. The van der Waals surface area contributed by atoms with Crippen LogP contribution in [0.2, 0.25) is 0 Å². The molecule has 2 heterocycles. The molecular formula is C18H23BrN4O4. The molecule has 1 saturated heterocycles. The van der Waals surface area contributed by atoms with E-state index in [1.54, 1.807) is 7.11 Å². The first kappa shape index (κ1) is 19.8. The lowest BCUT2D eigenvalue weighted by molar-refractivity contribution is 0.0168. The zero-order valence-electron chi connectivity index (χ0n) is 15.2. The van der Waals surface area contributed by atoms with Gasteiger partial charge in [-0.25, -0.2) is 4.79 Å². The second-order valence-electron chi connectivity index (χ2n) is 6.28. The molecule has 1 fully saturated rings. The first-order valence-corrected chi connectivity index (χ1v) is 9.67. The van der Waals surface area contributed by atoms with Crippen LogP contribution in [0.15, 0.2) is 33.3 Å². The predicted molar refractivity (Wildman–Crippen MR) is 102 cm³/mol. The van der Waals surface area contributed by atoms with Crippen molar-refractivity contribution in [1.29, 1.82) is 0 Å². The maximum absolute atomic E-state index is 12.3. The van der Waals surface area contributed by atoms with Crippen molar-refractivity contribution in [2.75, 3.05) is 32.1 Å². The van der Waals surface area contributed by atoms with Crippen LogP contribution in [0, 0.1) is 0 Å². The number of ether oxygens (including phenoxy) is 2. The summed E-state index contributed by atoms with van der Waals surface area (Å²) in [5, 5.41) is 6.81. The van der Waals surface area contributed by atoms with Gasteiger partial charge >= 0.3 is 6.03 Å². The van der Waals surface area contributed by atoms with E-state index in [1.807, 2.05) is 29.2 Å². The van der Waals surface area contributed by atoms with Crippen LogP contribution < -0.4 is 5.32 Å². The van der Waals surface area contributed by atoms with Crippen LogP contribution >= 0.6 is 15.9 Å². The summed E-state index contributed by atoms with van der Waals surface area (Å²) in [5.74, 6) is 1.09. The molecule has 3 rings (SSSR count). The molecule has 1 aliphatic rings. The van der Waals surface area contributed by atoms with Gasteiger partial charge in [0.15, 0.2) is 5.82 Å². The Bertz CT molecular complexity index is 729. The van der Waals surface area contributed by atoms with Crippen molar-refractivity contribution in [2.45, 2.75) is 32.0 Å². The van der Waals surface area contributed by atoms with Crippen molar-refractivity contribution in [1.82, 2.24) is 15.0 Å². The standard InChI is InChI=1S/C18H23BrN4O4/c1-25-12-17-21-16(22-27-17)8-11-26-15-6-9-23(10-7-15)18(24)20-14-4-2-13(19)3-5-14/h2-5,15H,6-12H2,1H3,(H,20,24). The fourth-order valence-electron chi connectivity index (χ4n) is 2.85. The molecular weight excluding hydrogens is 416 g/mol. The number of nitrogens with one attached hydrogen (secondary N) is 1. The predicted octanol–water partition coefficient (Wildman–Crippen LogP) is 3.23. The second kappa shape index (κ2) is 9.82. The molecule has 1 aliphatic heterocycles. The number of methoxy groups -OCH3 is 1. The van der Waals surface area contributed by atoms with Crippen LogP contribution in [0.3, 0.4) is 0 Å². The molecule has 0 saturated carbocycles. The molecule has 0 bridgehead atoms. The van der Waals surface area contributed by atoms with Crippen molar-refractivity contribution in [3.8, 4) is 0 Å². The van der Waals surface area contributed by atoms with Crippen molar-refractivity contribution in [2.24, 2.45) is 0 Å². The van der Waals surface area contributed by atoms with E-state index < -0.39 is 0 Å². The van der Waals surface area contributed by atoms with Crippen LogP contribution in [0.25, 0.3) is 0 Å². The number of amides is 2. The van der Waals surface area contributed by atoms with E-state index in [4.69, 9.17) is 14.0 Å². The molecule has 0 atom stereocenters. The Morgan fingerprint density at radius 2 is 2.07 bits per heavy atom. The minimum Gasteiger partial charge on any atom is -0.378 e. The summed E-state index contributed by atoms with van der Waals surface area (Å²) >= 11 is 3.38. The number of carbonyl (C=O) groups excluding carboxylic acids is 1. The third-order valence-corrected chi connectivity index (χ3v) is 4.81. The molecule has 1 N–H and O–H groups in total. The number of likely N-dealkylation sites (tertiary alicyclic amines) is 1. The molecule has 1 aromatic heterocycles. The summed E-state index contributed by atoms with van der Waals surface area (Å²) in [5.41, 5.74) is 0.787. The number of hydrogen-bond donors (Lipinski definition) is 1. The second-order valence-corrected chi connectivity index (χ2v) is 7.20. The van der Waals surface area contributed by atoms with E-state index >= 15 is 0 Å². The van der Waals surface area contributed by atoms with Gasteiger partial charge < -0.3 is 24.2 Å². The van der Waals surface area contributed by atoms with Crippen LogP contribution in [-0.2, 0) is 22.5 Å². The Labute approximate surface area is 166 Å². The fourth-order valence-corrected chi connectivity index (χ4v) is 3.12.